The first-order valence-corrected chi connectivity index (χ1v) is 9.75. The van der Waals surface area contributed by atoms with Crippen molar-refractivity contribution in [3.8, 4) is 23.3 Å². The summed E-state index contributed by atoms with van der Waals surface area (Å²) in [6.07, 6.45) is 2.47. The molecule has 0 saturated carbocycles. The molecule has 0 unspecified atom stereocenters. The topological polar surface area (TPSA) is 51.4 Å². The molecule has 3 rings (SSSR count). The van der Waals surface area contributed by atoms with Crippen molar-refractivity contribution in [1.29, 1.82) is 0 Å². The Morgan fingerprint density at radius 1 is 1.19 bits per heavy atom. The minimum absolute atomic E-state index is 0.136. The molecule has 6 heteroatoms. The third-order valence-electron chi connectivity index (χ3n) is 4.21. The van der Waals surface area contributed by atoms with Crippen LogP contribution < -0.4 is 10.5 Å². The SMILES string of the molecule is CCN(CC)CCC#Cc1cc2nccc(Oc3ccc(N)cc3F)c2s1. The second kappa shape index (κ2) is 8.85. The van der Waals surface area contributed by atoms with E-state index < -0.39 is 5.82 Å². The van der Waals surface area contributed by atoms with Gasteiger partial charge in [-0.1, -0.05) is 25.7 Å². The van der Waals surface area contributed by atoms with Crippen LogP contribution in [0.5, 0.6) is 11.5 Å². The van der Waals surface area contributed by atoms with E-state index in [1.54, 1.807) is 18.3 Å². The smallest absolute Gasteiger partial charge is 0.167 e. The Kier molecular flexibility index (Phi) is 6.28. The highest BCUT2D eigenvalue weighted by Gasteiger charge is 2.11. The van der Waals surface area contributed by atoms with Crippen molar-refractivity contribution in [1.82, 2.24) is 9.88 Å². The molecule has 0 aliphatic heterocycles. The number of hydrogen-bond acceptors (Lipinski definition) is 5. The van der Waals surface area contributed by atoms with Crippen molar-refractivity contribution < 1.29 is 9.13 Å². The molecular formula is C21H22FN3OS. The standard InChI is InChI=1S/C21H22FN3OS/c1-3-25(4-2)12-6-5-7-16-14-18-21(27-16)20(10-11-24-18)26-19-9-8-15(23)13-17(19)22/h8-11,13-14H,3-4,6,12,23H2,1-2H3. The van der Waals surface area contributed by atoms with Gasteiger partial charge in [0.05, 0.1) is 15.1 Å². The first kappa shape index (κ1) is 19.2. The third-order valence-corrected chi connectivity index (χ3v) is 5.26. The zero-order valence-electron chi connectivity index (χ0n) is 15.5. The van der Waals surface area contributed by atoms with Gasteiger partial charge in [0, 0.05) is 37.0 Å². The molecule has 2 N–H and O–H groups in total. The van der Waals surface area contributed by atoms with E-state index in [2.05, 4.69) is 35.6 Å². The molecule has 0 saturated heterocycles. The zero-order chi connectivity index (χ0) is 19.2. The third kappa shape index (κ3) is 4.76. The van der Waals surface area contributed by atoms with E-state index >= 15 is 0 Å². The van der Waals surface area contributed by atoms with E-state index in [0.29, 0.717) is 11.4 Å². The molecule has 0 aliphatic rings. The first-order chi connectivity index (χ1) is 13.1. The second-order valence-electron chi connectivity index (χ2n) is 6.00. The average Bonchev–Trinajstić information content (AvgIpc) is 3.08. The van der Waals surface area contributed by atoms with Gasteiger partial charge in [-0.2, -0.15) is 0 Å². The summed E-state index contributed by atoms with van der Waals surface area (Å²) in [4.78, 5) is 7.63. The first-order valence-electron chi connectivity index (χ1n) is 8.93. The molecule has 4 nitrogen and oxygen atoms in total. The number of fused-ring (bicyclic) bond motifs is 1. The number of thiophene rings is 1. The number of benzene rings is 1. The lowest BCUT2D eigenvalue weighted by Crippen LogP contribution is -2.23. The van der Waals surface area contributed by atoms with Crippen LogP contribution in [0.15, 0.2) is 36.5 Å². The van der Waals surface area contributed by atoms with Crippen LogP contribution in [0.25, 0.3) is 10.2 Å². The van der Waals surface area contributed by atoms with E-state index in [0.717, 1.165) is 41.1 Å². The second-order valence-corrected chi connectivity index (χ2v) is 7.06. The van der Waals surface area contributed by atoms with Gasteiger partial charge in [0.25, 0.3) is 0 Å². The molecule has 2 aromatic heterocycles. The number of rotatable bonds is 6. The van der Waals surface area contributed by atoms with Crippen molar-refractivity contribution in [2.24, 2.45) is 0 Å². The molecule has 140 valence electrons. The molecular weight excluding hydrogens is 361 g/mol. The Morgan fingerprint density at radius 2 is 2.00 bits per heavy atom. The summed E-state index contributed by atoms with van der Waals surface area (Å²) in [5.74, 6) is 6.63. The number of aromatic nitrogens is 1. The summed E-state index contributed by atoms with van der Waals surface area (Å²) >= 11 is 1.50. The number of ether oxygens (including phenoxy) is 1. The van der Waals surface area contributed by atoms with Crippen molar-refractivity contribution in [2.45, 2.75) is 20.3 Å². The fraction of sp³-hybridized carbons (Fsp3) is 0.286. The number of halogens is 1. The average molecular weight is 383 g/mol. The Labute approximate surface area is 162 Å². The lowest BCUT2D eigenvalue weighted by molar-refractivity contribution is 0.312. The number of nitrogen functional groups attached to an aromatic ring is 1. The van der Waals surface area contributed by atoms with Crippen LogP contribution in [-0.2, 0) is 0 Å². The highest BCUT2D eigenvalue weighted by molar-refractivity contribution is 7.19. The van der Waals surface area contributed by atoms with Crippen molar-refractivity contribution >= 4 is 27.2 Å². The van der Waals surface area contributed by atoms with Crippen molar-refractivity contribution in [3.05, 3.63) is 47.2 Å². The summed E-state index contributed by atoms with van der Waals surface area (Å²) < 4.78 is 20.6. The maximum atomic E-state index is 14.0. The Morgan fingerprint density at radius 3 is 2.74 bits per heavy atom. The number of pyridine rings is 1. The number of nitrogens with two attached hydrogens (primary N) is 1. The number of hydrogen-bond donors (Lipinski definition) is 1. The lowest BCUT2D eigenvalue weighted by atomic mass is 10.3. The Hall–Kier alpha value is -2.62. The molecule has 1 aromatic carbocycles. The van der Waals surface area contributed by atoms with Crippen LogP contribution in [0, 0.1) is 17.7 Å². The summed E-state index contributed by atoms with van der Waals surface area (Å²) in [5, 5.41) is 0. The fourth-order valence-electron chi connectivity index (χ4n) is 2.68. The highest BCUT2D eigenvalue weighted by Crippen LogP contribution is 2.35. The minimum atomic E-state index is -0.493. The van der Waals surface area contributed by atoms with Gasteiger partial charge in [0.15, 0.2) is 11.6 Å². The van der Waals surface area contributed by atoms with Gasteiger partial charge >= 0.3 is 0 Å². The lowest BCUT2D eigenvalue weighted by Gasteiger charge is -2.15. The van der Waals surface area contributed by atoms with Crippen LogP contribution in [0.1, 0.15) is 25.1 Å². The van der Waals surface area contributed by atoms with Crippen LogP contribution in [-0.4, -0.2) is 29.5 Å². The van der Waals surface area contributed by atoms with Crippen LogP contribution >= 0.6 is 11.3 Å². The summed E-state index contributed by atoms with van der Waals surface area (Å²) in [5.41, 5.74) is 6.74. The fourth-order valence-corrected chi connectivity index (χ4v) is 3.62. The number of anilines is 1. The van der Waals surface area contributed by atoms with Gasteiger partial charge < -0.3 is 15.4 Å². The van der Waals surface area contributed by atoms with Crippen LogP contribution in [0.2, 0.25) is 0 Å². The van der Waals surface area contributed by atoms with Gasteiger partial charge in [-0.15, -0.1) is 11.3 Å². The molecule has 0 atom stereocenters. The van der Waals surface area contributed by atoms with Gasteiger partial charge in [0.2, 0.25) is 0 Å². The Balaban J connectivity index is 1.79. The van der Waals surface area contributed by atoms with Crippen LogP contribution in [0.3, 0.4) is 0 Å². The van der Waals surface area contributed by atoms with Crippen molar-refractivity contribution in [3.63, 3.8) is 0 Å². The molecule has 3 aromatic rings. The number of nitrogens with zero attached hydrogens (tertiary/aromatic N) is 2. The zero-order valence-corrected chi connectivity index (χ0v) is 16.3. The molecule has 0 bridgehead atoms. The van der Waals surface area contributed by atoms with E-state index in [1.165, 1.54) is 23.5 Å². The van der Waals surface area contributed by atoms with E-state index in [9.17, 15) is 4.39 Å². The molecule has 2 heterocycles. The molecule has 0 aliphatic carbocycles. The summed E-state index contributed by atoms with van der Waals surface area (Å²) in [7, 11) is 0. The van der Waals surface area contributed by atoms with Gasteiger partial charge in [0.1, 0.15) is 5.75 Å². The molecule has 27 heavy (non-hydrogen) atoms. The molecule has 0 fully saturated rings. The largest absolute Gasteiger partial charge is 0.453 e. The van der Waals surface area contributed by atoms with Crippen molar-refractivity contribution in [2.75, 3.05) is 25.4 Å². The van der Waals surface area contributed by atoms with E-state index in [1.807, 2.05) is 6.07 Å². The molecule has 0 spiro atoms. The van der Waals surface area contributed by atoms with Crippen LogP contribution in [0.4, 0.5) is 10.1 Å². The molecule has 0 radical (unpaired) electrons. The summed E-state index contributed by atoms with van der Waals surface area (Å²) in [6, 6.07) is 8.05. The predicted molar refractivity (Wildman–Crippen MR) is 110 cm³/mol. The Bertz CT molecular complexity index is 986. The summed E-state index contributed by atoms with van der Waals surface area (Å²) in [6.45, 7) is 7.34. The normalized spacial score (nSPS) is 10.8. The quantitative estimate of drug-likeness (QED) is 0.486. The van der Waals surface area contributed by atoms with E-state index in [4.69, 9.17) is 10.5 Å². The highest BCUT2D eigenvalue weighted by atomic mass is 32.1. The van der Waals surface area contributed by atoms with E-state index in [-0.39, 0.29) is 5.75 Å². The van der Waals surface area contributed by atoms with Gasteiger partial charge in [-0.05, 0) is 31.3 Å². The maximum Gasteiger partial charge on any atom is 0.167 e. The monoisotopic (exact) mass is 383 g/mol. The van der Waals surface area contributed by atoms with Gasteiger partial charge in [-0.25, -0.2) is 4.39 Å². The van der Waals surface area contributed by atoms with Gasteiger partial charge in [-0.3, -0.25) is 4.98 Å². The maximum absolute atomic E-state index is 14.0. The molecule has 0 amide bonds. The minimum Gasteiger partial charge on any atom is -0.453 e. The predicted octanol–water partition coefficient (Wildman–Crippen LogP) is 4.89.